The fraction of sp³-hybridized carbons (Fsp3) is 0.722. The first-order chi connectivity index (χ1) is 10.4. The van der Waals surface area contributed by atoms with E-state index in [9.17, 15) is 0 Å². The maximum Gasteiger partial charge on any atom is 0.0887 e. The molecule has 0 aliphatic rings. The number of aromatic nitrogens is 1. The third-order valence-electron chi connectivity index (χ3n) is 3.53. The van der Waals surface area contributed by atoms with E-state index in [4.69, 9.17) is 4.74 Å². The third kappa shape index (κ3) is 9.59. The summed E-state index contributed by atoms with van der Waals surface area (Å²) in [4.78, 5) is 4.45. The van der Waals surface area contributed by atoms with E-state index in [-0.39, 0.29) is 0 Å². The summed E-state index contributed by atoms with van der Waals surface area (Å²) < 4.78 is 5.69. The van der Waals surface area contributed by atoms with Crippen LogP contribution in [0.1, 0.15) is 70.1 Å². The van der Waals surface area contributed by atoms with Gasteiger partial charge in [-0.3, -0.25) is 4.98 Å². The lowest BCUT2D eigenvalue weighted by Gasteiger charge is -2.06. The highest BCUT2D eigenvalue weighted by molar-refractivity contribution is 5.13. The molecule has 1 heterocycles. The molecular formula is C18H32N2O. The number of nitrogens with zero attached hydrogens (tertiary/aromatic N) is 1. The van der Waals surface area contributed by atoms with Crippen molar-refractivity contribution >= 4 is 0 Å². The van der Waals surface area contributed by atoms with Gasteiger partial charge in [0.15, 0.2) is 0 Å². The van der Waals surface area contributed by atoms with Gasteiger partial charge >= 0.3 is 0 Å². The van der Waals surface area contributed by atoms with Crippen molar-refractivity contribution < 1.29 is 4.74 Å². The number of pyridine rings is 1. The maximum absolute atomic E-state index is 5.69. The molecule has 1 aromatic rings. The molecule has 1 N–H and O–H groups in total. The van der Waals surface area contributed by atoms with E-state index in [1.54, 1.807) is 0 Å². The summed E-state index contributed by atoms with van der Waals surface area (Å²) in [6, 6.07) is 4.21. The first-order valence-electron chi connectivity index (χ1n) is 8.59. The Balaban J connectivity index is 2.04. The minimum atomic E-state index is 0.637. The predicted molar refractivity (Wildman–Crippen MR) is 89.3 cm³/mol. The first-order valence-corrected chi connectivity index (χ1v) is 8.59. The van der Waals surface area contributed by atoms with Crippen LogP contribution in [0.2, 0.25) is 0 Å². The molecule has 0 fully saturated rings. The van der Waals surface area contributed by atoms with Crippen molar-refractivity contribution in [3.63, 3.8) is 0 Å². The lowest BCUT2D eigenvalue weighted by Crippen LogP contribution is -2.14. The van der Waals surface area contributed by atoms with Gasteiger partial charge in [0.2, 0.25) is 0 Å². The molecule has 3 nitrogen and oxygen atoms in total. The monoisotopic (exact) mass is 292 g/mol. The minimum Gasteiger partial charge on any atom is -0.375 e. The second-order valence-corrected chi connectivity index (χ2v) is 5.65. The van der Waals surface area contributed by atoms with Crippen molar-refractivity contribution in [2.45, 2.75) is 71.9 Å². The van der Waals surface area contributed by atoms with Crippen molar-refractivity contribution in [3.8, 4) is 0 Å². The van der Waals surface area contributed by atoms with Crippen molar-refractivity contribution in [2.75, 3.05) is 13.2 Å². The zero-order valence-electron chi connectivity index (χ0n) is 13.9. The summed E-state index contributed by atoms with van der Waals surface area (Å²) in [6.07, 6.45) is 11.0. The quantitative estimate of drug-likeness (QED) is 0.545. The van der Waals surface area contributed by atoms with Gasteiger partial charge in [0.25, 0.3) is 0 Å². The van der Waals surface area contributed by atoms with E-state index < -0.39 is 0 Å². The van der Waals surface area contributed by atoms with Crippen molar-refractivity contribution in [3.05, 3.63) is 29.6 Å². The lowest BCUT2D eigenvalue weighted by atomic mass is 10.1. The SMILES string of the molecule is CCCCCCCCOCc1ccc(CNCCC)cn1. The van der Waals surface area contributed by atoms with E-state index in [2.05, 4.69) is 36.3 Å². The molecule has 0 amide bonds. The van der Waals surface area contributed by atoms with Crippen LogP contribution in [0.3, 0.4) is 0 Å². The van der Waals surface area contributed by atoms with E-state index >= 15 is 0 Å². The zero-order valence-corrected chi connectivity index (χ0v) is 13.9. The molecule has 0 radical (unpaired) electrons. The first kappa shape index (κ1) is 18.1. The van der Waals surface area contributed by atoms with Gasteiger partial charge in [0.1, 0.15) is 0 Å². The Labute approximate surface area is 130 Å². The van der Waals surface area contributed by atoms with Gasteiger partial charge in [-0.25, -0.2) is 0 Å². The molecule has 21 heavy (non-hydrogen) atoms. The van der Waals surface area contributed by atoms with Crippen LogP contribution in [-0.2, 0) is 17.9 Å². The average Bonchev–Trinajstić information content (AvgIpc) is 2.52. The molecule has 0 aliphatic carbocycles. The van der Waals surface area contributed by atoms with Gasteiger partial charge in [0.05, 0.1) is 12.3 Å². The van der Waals surface area contributed by atoms with Crippen LogP contribution in [0.5, 0.6) is 0 Å². The predicted octanol–water partition coefficient (Wildman–Crippen LogP) is 4.46. The molecule has 0 unspecified atom stereocenters. The highest BCUT2D eigenvalue weighted by Gasteiger charge is 1.97. The second kappa shape index (κ2) is 12.8. The number of nitrogens with one attached hydrogen (secondary N) is 1. The van der Waals surface area contributed by atoms with E-state index in [0.29, 0.717) is 6.61 Å². The van der Waals surface area contributed by atoms with Crippen LogP contribution in [0.15, 0.2) is 18.3 Å². The Morgan fingerprint density at radius 3 is 2.52 bits per heavy atom. The number of rotatable bonds is 13. The molecule has 120 valence electrons. The van der Waals surface area contributed by atoms with Gasteiger partial charge in [-0.1, -0.05) is 52.0 Å². The largest absolute Gasteiger partial charge is 0.375 e. The van der Waals surface area contributed by atoms with Gasteiger partial charge in [0, 0.05) is 19.3 Å². The summed E-state index contributed by atoms with van der Waals surface area (Å²) in [7, 11) is 0. The highest BCUT2D eigenvalue weighted by atomic mass is 16.5. The van der Waals surface area contributed by atoms with E-state index in [1.165, 1.54) is 44.1 Å². The summed E-state index contributed by atoms with van der Waals surface area (Å²) in [5, 5.41) is 3.38. The van der Waals surface area contributed by atoms with Crippen LogP contribution in [0.4, 0.5) is 0 Å². The fourth-order valence-electron chi connectivity index (χ4n) is 2.22. The Hall–Kier alpha value is -0.930. The standard InChI is InChI=1S/C18H32N2O/c1-3-5-6-7-8-9-13-21-16-18-11-10-17(15-20-18)14-19-12-4-2/h10-11,15,19H,3-9,12-14,16H2,1-2H3. The van der Waals surface area contributed by atoms with Crippen LogP contribution in [0.25, 0.3) is 0 Å². The Kier molecular flexibility index (Phi) is 11.0. The number of unbranched alkanes of at least 4 members (excludes halogenated alkanes) is 5. The van der Waals surface area contributed by atoms with Crippen LogP contribution >= 0.6 is 0 Å². The smallest absolute Gasteiger partial charge is 0.0887 e. The molecule has 0 aliphatic heterocycles. The number of ether oxygens (including phenoxy) is 1. The molecule has 0 atom stereocenters. The lowest BCUT2D eigenvalue weighted by molar-refractivity contribution is 0.114. The molecule has 0 saturated heterocycles. The topological polar surface area (TPSA) is 34.1 Å². The molecule has 0 saturated carbocycles. The molecule has 1 rings (SSSR count). The van der Waals surface area contributed by atoms with Gasteiger partial charge in [-0.15, -0.1) is 0 Å². The molecular weight excluding hydrogens is 260 g/mol. The second-order valence-electron chi connectivity index (χ2n) is 5.65. The average molecular weight is 292 g/mol. The molecule has 0 bridgehead atoms. The van der Waals surface area contributed by atoms with Gasteiger partial charge in [-0.05, 0) is 31.0 Å². The summed E-state index contributed by atoms with van der Waals surface area (Å²) in [5.41, 5.74) is 2.27. The maximum atomic E-state index is 5.69. The van der Waals surface area contributed by atoms with E-state index in [1.807, 2.05) is 6.20 Å². The number of hydrogen-bond donors (Lipinski definition) is 1. The minimum absolute atomic E-state index is 0.637. The van der Waals surface area contributed by atoms with Gasteiger partial charge < -0.3 is 10.1 Å². The van der Waals surface area contributed by atoms with Crippen LogP contribution < -0.4 is 5.32 Å². The Bertz CT molecular complexity index is 338. The third-order valence-corrected chi connectivity index (χ3v) is 3.53. The highest BCUT2D eigenvalue weighted by Crippen LogP contribution is 2.06. The zero-order chi connectivity index (χ0) is 15.2. The Morgan fingerprint density at radius 2 is 1.81 bits per heavy atom. The van der Waals surface area contributed by atoms with Crippen LogP contribution in [-0.4, -0.2) is 18.1 Å². The van der Waals surface area contributed by atoms with Crippen LogP contribution in [0, 0.1) is 0 Å². The van der Waals surface area contributed by atoms with Crippen molar-refractivity contribution in [2.24, 2.45) is 0 Å². The summed E-state index contributed by atoms with van der Waals surface area (Å²) in [6.45, 7) is 7.88. The summed E-state index contributed by atoms with van der Waals surface area (Å²) >= 11 is 0. The van der Waals surface area contributed by atoms with Crippen molar-refractivity contribution in [1.82, 2.24) is 10.3 Å². The molecule has 3 heteroatoms. The van der Waals surface area contributed by atoms with E-state index in [0.717, 1.165) is 31.8 Å². The normalized spacial score (nSPS) is 11.0. The number of hydrogen-bond acceptors (Lipinski definition) is 3. The fourth-order valence-corrected chi connectivity index (χ4v) is 2.22. The summed E-state index contributed by atoms with van der Waals surface area (Å²) in [5.74, 6) is 0. The molecule has 0 spiro atoms. The Morgan fingerprint density at radius 1 is 1.00 bits per heavy atom. The van der Waals surface area contributed by atoms with Crippen molar-refractivity contribution in [1.29, 1.82) is 0 Å². The molecule has 0 aromatic carbocycles. The van der Waals surface area contributed by atoms with Gasteiger partial charge in [-0.2, -0.15) is 0 Å². The molecule has 1 aromatic heterocycles.